The van der Waals surface area contributed by atoms with Gasteiger partial charge in [-0.15, -0.1) is 0 Å². The maximum atomic E-state index is 5.41. The molecule has 2 aliphatic heterocycles. The number of ether oxygens (including phenoxy) is 1. The number of nitrogens with one attached hydrogen (secondary N) is 1. The number of nitrogens with zero attached hydrogens (tertiary/aromatic N) is 5. The molecule has 7 nitrogen and oxygen atoms in total. The van der Waals surface area contributed by atoms with Crippen LogP contribution in [0.1, 0.15) is 26.3 Å². The van der Waals surface area contributed by atoms with Gasteiger partial charge in [0.15, 0.2) is 5.96 Å². The predicted octanol–water partition coefficient (Wildman–Crippen LogP) is 1.06. The third-order valence-electron chi connectivity index (χ3n) is 5.24. The van der Waals surface area contributed by atoms with Crippen molar-refractivity contribution in [3.8, 4) is 0 Å². The summed E-state index contributed by atoms with van der Waals surface area (Å²) >= 11 is 0. The molecule has 0 spiro atoms. The number of imidazole rings is 1. The van der Waals surface area contributed by atoms with Crippen molar-refractivity contribution < 1.29 is 4.74 Å². The first-order valence-electron chi connectivity index (χ1n) is 9.58. The molecule has 2 saturated heterocycles. The average Bonchev–Trinajstić information content (AvgIpc) is 3.17. The zero-order chi connectivity index (χ0) is 17.5. The lowest BCUT2D eigenvalue weighted by Gasteiger charge is -2.39. The van der Waals surface area contributed by atoms with Crippen LogP contribution in [0.15, 0.2) is 23.7 Å². The van der Waals surface area contributed by atoms with Crippen LogP contribution >= 0.6 is 0 Å². The van der Waals surface area contributed by atoms with Gasteiger partial charge in [0.25, 0.3) is 0 Å². The lowest BCUT2D eigenvalue weighted by molar-refractivity contribution is 0.0394. The first-order chi connectivity index (χ1) is 12.3. The Labute approximate surface area is 151 Å². The first kappa shape index (κ1) is 18.2. The van der Waals surface area contributed by atoms with Gasteiger partial charge in [-0.2, -0.15) is 0 Å². The average molecular weight is 348 g/mol. The summed E-state index contributed by atoms with van der Waals surface area (Å²) < 4.78 is 7.66. The van der Waals surface area contributed by atoms with Crippen LogP contribution in [-0.2, 0) is 4.74 Å². The molecule has 0 saturated carbocycles. The van der Waals surface area contributed by atoms with E-state index in [1.165, 1.54) is 6.42 Å². The Morgan fingerprint density at radius 3 is 2.88 bits per heavy atom. The number of piperidine rings is 1. The number of guanidine groups is 1. The second kappa shape index (κ2) is 9.20. The molecular weight excluding hydrogens is 316 g/mol. The van der Waals surface area contributed by atoms with Crippen LogP contribution in [-0.4, -0.2) is 84.3 Å². The Morgan fingerprint density at radius 2 is 2.16 bits per heavy atom. The molecule has 0 bridgehead atoms. The minimum absolute atomic E-state index is 0.458. The number of likely N-dealkylation sites (tertiary alicyclic amines) is 1. The maximum absolute atomic E-state index is 5.41. The van der Waals surface area contributed by atoms with Crippen molar-refractivity contribution >= 4 is 5.96 Å². The van der Waals surface area contributed by atoms with Gasteiger partial charge < -0.3 is 19.5 Å². The second-order valence-electron chi connectivity index (χ2n) is 6.98. The van der Waals surface area contributed by atoms with E-state index in [9.17, 15) is 0 Å². The zero-order valence-corrected chi connectivity index (χ0v) is 15.6. The molecule has 1 aromatic rings. The third-order valence-corrected chi connectivity index (χ3v) is 5.24. The SMILES string of the molecule is CCNC(=NCCN1CCOCC1)N1CCC(C)C(n2ccnc2)C1. The number of aromatic nitrogens is 2. The highest BCUT2D eigenvalue weighted by atomic mass is 16.5. The topological polar surface area (TPSA) is 57.9 Å². The highest BCUT2D eigenvalue weighted by Gasteiger charge is 2.28. The fourth-order valence-electron chi connectivity index (χ4n) is 3.64. The highest BCUT2D eigenvalue weighted by molar-refractivity contribution is 5.80. The Kier molecular flexibility index (Phi) is 6.69. The molecule has 0 aliphatic carbocycles. The van der Waals surface area contributed by atoms with Gasteiger partial charge in [-0.25, -0.2) is 4.98 Å². The minimum atomic E-state index is 0.458. The molecule has 2 atom stereocenters. The Balaban J connectivity index is 1.59. The summed E-state index contributed by atoms with van der Waals surface area (Å²) in [7, 11) is 0. The molecule has 0 radical (unpaired) electrons. The number of rotatable bonds is 5. The quantitative estimate of drug-likeness (QED) is 0.637. The van der Waals surface area contributed by atoms with E-state index in [-0.39, 0.29) is 0 Å². The van der Waals surface area contributed by atoms with Crippen LogP contribution in [0.3, 0.4) is 0 Å². The van der Waals surface area contributed by atoms with Crippen LogP contribution in [0.4, 0.5) is 0 Å². The summed E-state index contributed by atoms with van der Waals surface area (Å²) in [5, 5.41) is 3.48. The van der Waals surface area contributed by atoms with Gasteiger partial charge >= 0.3 is 0 Å². The molecule has 3 rings (SSSR count). The highest BCUT2D eigenvalue weighted by Crippen LogP contribution is 2.27. The van der Waals surface area contributed by atoms with Gasteiger partial charge in [0, 0.05) is 51.7 Å². The molecule has 25 heavy (non-hydrogen) atoms. The molecule has 2 fully saturated rings. The molecule has 7 heteroatoms. The van der Waals surface area contributed by atoms with Gasteiger partial charge in [-0.3, -0.25) is 9.89 Å². The number of hydrogen-bond donors (Lipinski definition) is 1. The molecule has 0 amide bonds. The molecule has 140 valence electrons. The van der Waals surface area contributed by atoms with E-state index >= 15 is 0 Å². The molecular formula is C18H32N6O. The summed E-state index contributed by atoms with van der Waals surface area (Å²) in [4.78, 5) is 14.0. The Hall–Kier alpha value is -1.60. The maximum Gasteiger partial charge on any atom is 0.194 e. The van der Waals surface area contributed by atoms with E-state index in [1.54, 1.807) is 0 Å². The van der Waals surface area contributed by atoms with Crippen LogP contribution in [0.25, 0.3) is 0 Å². The van der Waals surface area contributed by atoms with Crippen molar-refractivity contribution in [3.63, 3.8) is 0 Å². The Bertz CT molecular complexity index is 526. The van der Waals surface area contributed by atoms with E-state index in [0.717, 1.165) is 65.0 Å². The summed E-state index contributed by atoms with van der Waals surface area (Å²) in [6, 6.07) is 0.458. The third kappa shape index (κ3) is 4.95. The summed E-state index contributed by atoms with van der Waals surface area (Å²) in [6.45, 7) is 13.0. The standard InChI is InChI=1S/C18H32N6O/c1-3-20-18(21-6-8-22-10-12-25-13-11-22)23-7-4-16(2)17(14-23)24-9-5-19-15-24/h5,9,15-17H,3-4,6-8,10-14H2,1-2H3,(H,20,21). The van der Waals surface area contributed by atoms with Gasteiger partial charge in [0.05, 0.1) is 32.1 Å². The van der Waals surface area contributed by atoms with Crippen molar-refractivity contribution in [2.45, 2.75) is 26.3 Å². The van der Waals surface area contributed by atoms with Crippen molar-refractivity contribution in [2.75, 3.05) is 59.0 Å². The smallest absolute Gasteiger partial charge is 0.194 e. The van der Waals surface area contributed by atoms with Crippen LogP contribution < -0.4 is 5.32 Å². The van der Waals surface area contributed by atoms with Gasteiger partial charge in [-0.1, -0.05) is 6.92 Å². The van der Waals surface area contributed by atoms with Gasteiger partial charge in [0.1, 0.15) is 0 Å². The van der Waals surface area contributed by atoms with E-state index in [0.29, 0.717) is 12.0 Å². The van der Waals surface area contributed by atoms with Crippen molar-refractivity contribution in [1.82, 2.24) is 24.7 Å². The minimum Gasteiger partial charge on any atom is -0.379 e. The summed E-state index contributed by atoms with van der Waals surface area (Å²) in [5.74, 6) is 1.70. The number of morpholine rings is 1. The zero-order valence-electron chi connectivity index (χ0n) is 15.6. The van der Waals surface area contributed by atoms with Crippen LogP contribution in [0.2, 0.25) is 0 Å². The van der Waals surface area contributed by atoms with E-state index in [1.807, 2.05) is 12.5 Å². The molecule has 3 heterocycles. The Morgan fingerprint density at radius 1 is 1.32 bits per heavy atom. The molecule has 1 N–H and O–H groups in total. The molecule has 2 unspecified atom stereocenters. The summed E-state index contributed by atoms with van der Waals surface area (Å²) in [5.41, 5.74) is 0. The molecule has 1 aromatic heterocycles. The fourth-order valence-corrected chi connectivity index (χ4v) is 3.64. The van der Waals surface area contributed by atoms with Crippen molar-refractivity contribution in [2.24, 2.45) is 10.9 Å². The first-order valence-corrected chi connectivity index (χ1v) is 9.58. The lowest BCUT2D eigenvalue weighted by atomic mass is 9.93. The second-order valence-corrected chi connectivity index (χ2v) is 6.98. The van der Waals surface area contributed by atoms with Gasteiger partial charge in [-0.05, 0) is 19.3 Å². The molecule has 2 aliphatic rings. The van der Waals surface area contributed by atoms with Gasteiger partial charge in [0.2, 0.25) is 0 Å². The van der Waals surface area contributed by atoms with Crippen molar-refractivity contribution in [1.29, 1.82) is 0 Å². The number of aliphatic imine (C=N–C) groups is 1. The fraction of sp³-hybridized carbons (Fsp3) is 0.778. The summed E-state index contributed by atoms with van der Waals surface area (Å²) in [6.07, 6.45) is 7.06. The van der Waals surface area contributed by atoms with E-state index in [2.05, 4.69) is 44.7 Å². The lowest BCUT2D eigenvalue weighted by Crippen LogP contribution is -2.49. The van der Waals surface area contributed by atoms with E-state index in [4.69, 9.17) is 9.73 Å². The molecule has 0 aromatic carbocycles. The van der Waals surface area contributed by atoms with E-state index < -0.39 is 0 Å². The van der Waals surface area contributed by atoms with Crippen molar-refractivity contribution in [3.05, 3.63) is 18.7 Å². The van der Waals surface area contributed by atoms with Crippen LogP contribution in [0.5, 0.6) is 0 Å². The van der Waals surface area contributed by atoms with Crippen LogP contribution in [0, 0.1) is 5.92 Å². The predicted molar refractivity (Wildman–Crippen MR) is 99.9 cm³/mol. The number of hydrogen-bond acceptors (Lipinski definition) is 4. The normalized spacial score (nSPS) is 26.0. The largest absolute Gasteiger partial charge is 0.379 e. The monoisotopic (exact) mass is 348 g/mol.